The van der Waals surface area contributed by atoms with Crippen molar-refractivity contribution in [3.63, 3.8) is 0 Å². The fourth-order valence-corrected chi connectivity index (χ4v) is 8.38. The van der Waals surface area contributed by atoms with E-state index in [4.69, 9.17) is 9.83 Å². The van der Waals surface area contributed by atoms with Gasteiger partial charge in [-0.25, -0.2) is 4.79 Å². The summed E-state index contributed by atoms with van der Waals surface area (Å²) >= 11 is 0. The van der Waals surface area contributed by atoms with Crippen molar-refractivity contribution in [2.24, 2.45) is 10.4 Å². The van der Waals surface area contributed by atoms with Crippen LogP contribution in [0.1, 0.15) is 58.9 Å². The van der Waals surface area contributed by atoms with Gasteiger partial charge in [-0.15, -0.1) is 5.06 Å². The van der Waals surface area contributed by atoms with Gasteiger partial charge in [0.2, 0.25) is 0 Å². The van der Waals surface area contributed by atoms with Crippen molar-refractivity contribution in [2.75, 3.05) is 29.5 Å². The molecule has 0 saturated carbocycles. The quantitative estimate of drug-likeness (QED) is 0.139. The Hall–Kier alpha value is -4.47. The van der Waals surface area contributed by atoms with E-state index in [-0.39, 0.29) is 49.2 Å². The molecule has 5 rings (SSSR count). The number of rotatable bonds is 14. The number of nitrogens with zero attached hydrogens (tertiary/aromatic N) is 4. The summed E-state index contributed by atoms with van der Waals surface area (Å²) in [5, 5.41) is 0.434. The zero-order valence-corrected chi connectivity index (χ0v) is 32.9. The maximum absolute atomic E-state index is 13.2. The average Bonchev–Trinajstić information content (AvgIpc) is 3.60. The summed E-state index contributed by atoms with van der Waals surface area (Å²) in [6.45, 7) is 7.68. The minimum absolute atomic E-state index is 0.00402. The number of hydroxylamine groups is 2. The Balaban J connectivity index is 1.41. The zero-order chi connectivity index (χ0) is 40.7. The highest BCUT2D eigenvalue weighted by Crippen LogP contribution is 2.48. The van der Waals surface area contributed by atoms with Gasteiger partial charge in [0.1, 0.15) is 6.17 Å². The van der Waals surface area contributed by atoms with Crippen molar-refractivity contribution in [3.8, 4) is 0 Å². The summed E-state index contributed by atoms with van der Waals surface area (Å²) in [5.74, 6) is -3.30. The molecular formula is C35H42N4O13S3. The molecular weight excluding hydrogens is 781 g/mol. The van der Waals surface area contributed by atoms with Gasteiger partial charge in [0, 0.05) is 60.1 Å². The van der Waals surface area contributed by atoms with Crippen LogP contribution in [0.3, 0.4) is 0 Å². The van der Waals surface area contributed by atoms with Gasteiger partial charge < -0.3 is 14.6 Å². The molecule has 4 aliphatic heterocycles. The molecule has 4 aliphatic rings. The van der Waals surface area contributed by atoms with E-state index in [2.05, 4.69) is 0 Å². The first-order chi connectivity index (χ1) is 25.4. The van der Waals surface area contributed by atoms with Crippen LogP contribution < -0.4 is 4.90 Å². The van der Waals surface area contributed by atoms with Crippen molar-refractivity contribution in [1.29, 1.82) is 0 Å². The number of imide groups is 1. The largest absolute Gasteiger partial charge is 0.365 e. The fraction of sp³-hybridized carbons (Fsp3) is 0.429. The van der Waals surface area contributed by atoms with E-state index in [0.29, 0.717) is 33.3 Å². The standard InChI is InChI=1S/C35H42N4O13S3/c1-34(2)26-20-23(33(42)52-39-30(40)14-15-31(39)41)22-37(16-8-18-53(43,44)45)32(26)36-28(34)10-6-5-7-11-29-35(3,4)25-21-24(55(49,50)51)12-13-27(25)38(29)17-9-19-54(46,47)48/h5-7,10-13,20-22,32H,8-9,14-19H2,1-4H3,(H,43,44,45)(H,46,47,48)(H,49,50,51)/b7-5+,10-6+,29-11+. The van der Waals surface area contributed by atoms with E-state index in [1.54, 1.807) is 41.4 Å². The van der Waals surface area contributed by atoms with Crippen LogP contribution in [0.2, 0.25) is 0 Å². The second-order valence-electron chi connectivity index (χ2n) is 14.4. The number of benzene rings is 1. The first-order valence-corrected chi connectivity index (χ1v) is 21.8. The molecule has 1 aromatic rings. The lowest BCUT2D eigenvalue weighted by atomic mass is 9.79. The van der Waals surface area contributed by atoms with Crippen LogP contribution in [0.15, 0.2) is 87.6 Å². The monoisotopic (exact) mass is 822 g/mol. The lowest BCUT2D eigenvalue weighted by molar-refractivity contribution is -0.194. The van der Waals surface area contributed by atoms with Crippen LogP contribution in [0.4, 0.5) is 5.69 Å². The number of allylic oxidation sites excluding steroid dienone is 6. The Labute approximate surface area is 319 Å². The van der Waals surface area contributed by atoms with E-state index >= 15 is 0 Å². The number of anilines is 1. The molecule has 0 radical (unpaired) electrons. The first kappa shape index (κ1) is 41.7. The summed E-state index contributed by atoms with van der Waals surface area (Å²) in [7, 11) is -13.0. The third kappa shape index (κ3) is 9.33. The minimum Gasteiger partial charge on any atom is -0.352 e. The van der Waals surface area contributed by atoms with Gasteiger partial charge in [0.05, 0.1) is 22.0 Å². The van der Waals surface area contributed by atoms with Gasteiger partial charge in [-0.3, -0.25) is 28.2 Å². The van der Waals surface area contributed by atoms with Gasteiger partial charge >= 0.3 is 5.97 Å². The molecule has 1 atom stereocenters. The number of fused-ring (bicyclic) bond motifs is 2. The van der Waals surface area contributed by atoms with E-state index in [0.717, 1.165) is 0 Å². The molecule has 2 amide bonds. The second kappa shape index (κ2) is 15.2. The highest BCUT2D eigenvalue weighted by atomic mass is 32.2. The Morgan fingerprint density at radius 2 is 1.51 bits per heavy atom. The Morgan fingerprint density at radius 3 is 2.11 bits per heavy atom. The van der Waals surface area contributed by atoms with Crippen LogP contribution >= 0.6 is 0 Å². The SMILES string of the molecule is CC1(C)C2=CC(C(=O)ON3C(=O)CCC3=O)=CN(CCCS(=O)(=O)O)C2N=C1/C=C/C=C/C=C1/N(CCCS(=O)(=O)O)c2ccc(S(=O)(=O)O)cc2C1(C)C. The number of aliphatic imine (C=N–C) groups is 1. The van der Waals surface area contributed by atoms with Crippen LogP contribution in [-0.4, -0.2) is 103 Å². The molecule has 0 aromatic heterocycles. The van der Waals surface area contributed by atoms with Crippen LogP contribution in [0.5, 0.6) is 0 Å². The van der Waals surface area contributed by atoms with Crippen LogP contribution in [0, 0.1) is 5.41 Å². The normalized spacial score (nSPS) is 21.7. The highest BCUT2D eigenvalue weighted by molar-refractivity contribution is 7.86. The van der Waals surface area contributed by atoms with Crippen molar-refractivity contribution < 1.29 is 58.1 Å². The van der Waals surface area contributed by atoms with Gasteiger partial charge in [0.15, 0.2) is 0 Å². The molecule has 298 valence electrons. The molecule has 0 spiro atoms. The van der Waals surface area contributed by atoms with E-state index in [1.807, 2.05) is 32.6 Å². The summed E-state index contributed by atoms with van der Waals surface area (Å²) < 4.78 is 97.9. The summed E-state index contributed by atoms with van der Waals surface area (Å²) in [4.78, 5) is 50.5. The molecule has 4 heterocycles. The lowest BCUT2D eigenvalue weighted by Crippen LogP contribution is -2.38. The topological polar surface area (TPSA) is 246 Å². The molecule has 1 unspecified atom stereocenters. The third-order valence-electron chi connectivity index (χ3n) is 9.74. The maximum atomic E-state index is 13.2. The number of hydrogen-bond acceptors (Lipinski definition) is 13. The molecule has 1 aromatic carbocycles. The Bertz CT molecular complexity index is 2310. The third-order valence-corrected chi connectivity index (χ3v) is 12.2. The fourth-order valence-electron chi connectivity index (χ4n) is 6.89. The Kier molecular flexibility index (Phi) is 11.5. The molecule has 0 aliphatic carbocycles. The first-order valence-electron chi connectivity index (χ1n) is 17.1. The van der Waals surface area contributed by atoms with Crippen molar-refractivity contribution in [3.05, 3.63) is 83.3 Å². The summed E-state index contributed by atoms with van der Waals surface area (Å²) in [5.41, 5.74) is 1.54. The highest BCUT2D eigenvalue weighted by Gasteiger charge is 2.44. The van der Waals surface area contributed by atoms with Crippen molar-refractivity contribution in [1.82, 2.24) is 9.96 Å². The van der Waals surface area contributed by atoms with E-state index in [1.165, 1.54) is 24.4 Å². The van der Waals surface area contributed by atoms with Gasteiger partial charge in [-0.1, -0.05) is 45.9 Å². The maximum Gasteiger partial charge on any atom is 0.365 e. The van der Waals surface area contributed by atoms with Gasteiger partial charge in [-0.2, -0.15) is 25.3 Å². The van der Waals surface area contributed by atoms with Crippen LogP contribution in [-0.2, 0) is 55.0 Å². The number of amides is 2. The zero-order valence-electron chi connectivity index (χ0n) is 30.4. The van der Waals surface area contributed by atoms with Gasteiger partial charge in [0.25, 0.3) is 42.2 Å². The summed E-state index contributed by atoms with van der Waals surface area (Å²) in [6, 6.07) is 4.16. The average molecular weight is 823 g/mol. The molecule has 1 saturated heterocycles. The molecule has 1 fully saturated rings. The molecule has 55 heavy (non-hydrogen) atoms. The molecule has 20 heteroatoms. The smallest absolute Gasteiger partial charge is 0.352 e. The summed E-state index contributed by atoms with van der Waals surface area (Å²) in [6.07, 6.45) is 10.9. The van der Waals surface area contributed by atoms with Gasteiger partial charge in [-0.05, 0) is 60.4 Å². The van der Waals surface area contributed by atoms with E-state index in [9.17, 15) is 53.3 Å². The number of carbonyl (C=O) groups excluding carboxylic acids is 3. The lowest BCUT2D eigenvalue weighted by Gasteiger charge is -2.34. The Morgan fingerprint density at radius 1 is 0.891 bits per heavy atom. The predicted molar refractivity (Wildman–Crippen MR) is 200 cm³/mol. The number of carbonyl (C=O) groups is 3. The van der Waals surface area contributed by atoms with E-state index < -0.39 is 76.6 Å². The predicted octanol–water partition coefficient (Wildman–Crippen LogP) is 3.12. The molecule has 3 N–H and O–H groups in total. The van der Waals surface area contributed by atoms with Crippen LogP contribution in [0.25, 0.3) is 0 Å². The second-order valence-corrected chi connectivity index (χ2v) is 19.0. The minimum atomic E-state index is -4.50. The molecule has 0 bridgehead atoms. The molecule has 17 nitrogen and oxygen atoms in total. The van der Waals surface area contributed by atoms with Crippen molar-refractivity contribution in [2.45, 2.75) is 69.9 Å². The number of hydrogen-bond donors (Lipinski definition) is 3. The van der Waals surface area contributed by atoms with Crippen molar-refractivity contribution >= 4 is 59.5 Å².